The summed E-state index contributed by atoms with van der Waals surface area (Å²) >= 11 is 1.26. The van der Waals surface area contributed by atoms with E-state index in [1.165, 1.54) is 22.8 Å². The van der Waals surface area contributed by atoms with Crippen LogP contribution >= 0.6 is 11.3 Å². The van der Waals surface area contributed by atoms with E-state index in [9.17, 15) is 14.4 Å². The van der Waals surface area contributed by atoms with Crippen LogP contribution in [0.5, 0.6) is 5.75 Å². The molecule has 4 rings (SSSR count). The summed E-state index contributed by atoms with van der Waals surface area (Å²) in [5.74, 6) is -0.587. The fourth-order valence-electron chi connectivity index (χ4n) is 3.82. The highest BCUT2D eigenvalue weighted by Crippen LogP contribution is 2.31. The molecule has 0 saturated heterocycles. The number of carbonyl (C=O) groups is 2. The molecule has 7 nitrogen and oxygen atoms in total. The first-order valence-corrected chi connectivity index (χ1v) is 11.9. The molecule has 8 heteroatoms. The van der Waals surface area contributed by atoms with Crippen LogP contribution in [0.2, 0.25) is 0 Å². The SMILES string of the molecule is CCOC(=O)C1=C(C)N=c2s/c(=C\C=C\c3ccccc3)c(=O)n2[C@H]1c1ccc(OC(C)=O)cc1. The van der Waals surface area contributed by atoms with E-state index in [1.807, 2.05) is 42.5 Å². The Balaban J connectivity index is 1.83. The molecule has 0 bridgehead atoms. The molecule has 0 spiro atoms. The van der Waals surface area contributed by atoms with Gasteiger partial charge in [0.1, 0.15) is 5.75 Å². The lowest BCUT2D eigenvalue weighted by Crippen LogP contribution is -2.39. The molecule has 2 aromatic carbocycles. The lowest BCUT2D eigenvalue weighted by atomic mass is 9.96. The van der Waals surface area contributed by atoms with Crippen molar-refractivity contribution in [1.82, 2.24) is 4.57 Å². The standard InChI is InChI=1S/C27H24N2O5S/c1-4-33-26(32)23-17(2)28-27-29(24(23)20-13-15-21(16-14-20)34-18(3)30)25(31)22(35-27)12-8-11-19-9-6-5-7-10-19/h5-16,24H,4H2,1-3H3/b11-8+,22-12-/t24-/m0/s1. The first kappa shape index (κ1) is 24.1. The summed E-state index contributed by atoms with van der Waals surface area (Å²) in [6, 6.07) is 15.8. The number of allylic oxidation sites excluding steroid dienone is 2. The Labute approximate surface area is 206 Å². The van der Waals surface area contributed by atoms with Gasteiger partial charge < -0.3 is 9.47 Å². The average Bonchev–Trinajstić information content (AvgIpc) is 3.14. The van der Waals surface area contributed by atoms with Crippen LogP contribution in [0.1, 0.15) is 37.9 Å². The van der Waals surface area contributed by atoms with Crippen LogP contribution in [0.15, 0.2) is 81.7 Å². The molecule has 0 radical (unpaired) electrons. The summed E-state index contributed by atoms with van der Waals surface area (Å²) < 4.78 is 12.4. The van der Waals surface area contributed by atoms with Crippen LogP contribution in [0.4, 0.5) is 0 Å². The van der Waals surface area contributed by atoms with Gasteiger partial charge in [0, 0.05) is 6.92 Å². The monoisotopic (exact) mass is 488 g/mol. The number of esters is 2. The van der Waals surface area contributed by atoms with Crippen molar-refractivity contribution in [3.8, 4) is 5.75 Å². The Morgan fingerprint density at radius 1 is 1.11 bits per heavy atom. The second-order valence-electron chi connectivity index (χ2n) is 7.76. The summed E-state index contributed by atoms with van der Waals surface area (Å²) in [6.45, 7) is 4.98. The number of fused-ring (bicyclic) bond motifs is 1. The molecule has 1 aromatic heterocycles. The molecule has 1 aliphatic rings. The van der Waals surface area contributed by atoms with Crippen molar-refractivity contribution in [2.75, 3.05) is 6.61 Å². The number of thiazole rings is 1. The molecule has 1 atom stereocenters. The van der Waals surface area contributed by atoms with Crippen molar-refractivity contribution in [1.29, 1.82) is 0 Å². The van der Waals surface area contributed by atoms with Crippen molar-refractivity contribution in [3.05, 3.63) is 103 Å². The highest BCUT2D eigenvalue weighted by molar-refractivity contribution is 7.07. The summed E-state index contributed by atoms with van der Waals surface area (Å²) in [5, 5.41) is 0. The van der Waals surface area contributed by atoms with E-state index >= 15 is 0 Å². The van der Waals surface area contributed by atoms with E-state index in [-0.39, 0.29) is 12.2 Å². The predicted molar refractivity (Wildman–Crippen MR) is 135 cm³/mol. The zero-order chi connectivity index (χ0) is 24.9. The number of benzene rings is 2. The Morgan fingerprint density at radius 3 is 2.49 bits per heavy atom. The van der Waals surface area contributed by atoms with Crippen molar-refractivity contribution >= 4 is 35.4 Å². The molecule has 1 aliphatic heterocycles. The largest absolute Gasteiger partial charge is 0.463 e. The van der Waals surface area contributed by atoms with Crippen molar-refractivity contribution < 1.29 is 19.1 Å². The lowest BCUT2D eigenvalue weighted by molar-refractivity contribution is -0.139. The number of hydrogen-bond donors (Lipinski definition) is 0. The molecule has 2 heterocycles. The van der Waals surface area contributed by atoms with E-state index < -0.39 is 18.0 Å². The molecular weight excluding hydrogens is 464 g/mol. The number of rotatable bonds is 6. The molecule has 0 N–H and O–H groups in total. The maximum absolute atomic E-state index is 13.5. The van der Waals surface area contributed by atoms with Gasteiger partial charge in [-0.1, -0.05) is 66.0 Å². The average molecular weight is 489 g/mol. The van der Waals surface area contributed by atoms with Gasteiger partial charge in [0.15, 0.2) is 4.80 Å². The molecule has 0 unspecified atom stereocenters. The van der Waals surface area contributed by atoms with Gasteiger partial charge in [0.2, 0.25) is 0 Å². The highest BCUT2D eigenvalue weighted by Gasteiger charge is 2.33. The molecule has 35 heavy (non-hydrogen) atoms. The Bertz CT molecular complexity index is 1500. The molecule has 0 aliphatic carbocycles. The van der Waals surface area contributed by atoms with Crippen LogP contribution in [-0.2, 0) is 14.3 Å². The molecule has 3 aromatic rings. The lowest BCUT2D eigenvalue weighted by Gasteiger charge is -2.24. The van der Waals surface area contributed by atoms with Crippen molar-refractivity contribution in [3.63, 3.8) is 0 Å². The van der Waals surface area contributed by atoms with Gasteiger partial charge in [-0.05, 0) is 43.2 Å². The first-order valence-electron chi connectivity index (χ1n) is 11.1. The highest BCUT2D eigenvalue weighted by atomic mass is 32.1. The fourth-order valence-corrected chi connectivity index (χ4v) is 4.81. The predicted octanol–water partition coefficient (Wildman–Crippen LogP) is 3.39. The quantitative estimate of drug-likeness (QED) is 0.392. The summed E-state index contributed by atoms with van der Waals surface area (Å²) in [6.07, 6.45) is 5.49. The van der Waals surface area contributed by atoms with Gasteiger partial charge in [0.05, 0.1) is 28.5 Å². The van der Waals surface area contributed by atoms with Crippen LogP contribution in [0, 0.1) is 0 Å². The molecule has 0 saturated carbocycles. The number of ether oxygens (including phenoxy) is 2. The Morgan fingerprint density at radius 2 is 1.83 bits per heavy atom. The van der Waals surface area contributed by atoms with Crippen LogP contribution in [-0.4, -0.2) is 23.1 Å². The van der Waals surface area contributed by atoms with Gasteiger partial charge in [0.25, 0.3) is 5.56 Å². The van der Waals surface area contributed by atoms with Crippen LogP contribution in [0.25, 0.3) is 12.2 Å². The number of aromatic nitrogens is 1. The van der Waals surface area contributed by atoms with Crippen LogP contribution in [0.3, 0.4) is 0 Å². The minimum Gasteiger partial charge on any atom is -0.463 e. The van der Waals surface area contributed by atoms with Gasteiger partial charge >= 0.3 is 11.9 Å². The summed E-state index contributed by atoms with van der Waals surface area (Å²) in [4.78, 5) is 42.7. The minimum absolute atomic E-state index is 0.197. The molecule has 0 amide bonds. The molecule has 178 valence electrons. The molecular formula is C27H24N2O5S. The van der Waals surface area contributed by atoms with E-state index in [4.69, 9.17) is 9.47 Å². The minimum atomic E-state index is -0.725. The summed E-state index contributed by atoms with van der Waals surface area (Å²) in [7, 11) is 0. The van der Waals surface area contributed by atoms with Gasteiger partial charge in [-0.2, -0.15) is 0 Å². The fraction of sp³-hybridized carbons (Fsp3) is 0.185. The zero-order valence-corrected chi connectivity index (χ0v) is 20.4. The number of nitrogens with zero attached hydrogens (tertiary/aromatic N) is 2. The van der Waals surface area contributed by atoms with Gasteiger partial charge in [-0.15, -0.1) is 0 Å². The second kappa shape index (κ2) is 10.5. The third-order valence-electron chi connectivity index (χ3n) is 5.31. The van der Waals surface area contributed by atoms with Gasteiger partial charge in [-0.3, -0.25) is 14.2 Å². The van der Waals surface area contributed by atoms with Gasteiger partial charge in [-0.25, -0.2) is 9.79 Å². The number of hydrogen-bond acceptors (Lipinski definition) is 7. The normalized spacial score (nSPS) is 15.6. The first-order chi connectivity index (χ1) is 16.9. The zero-order valence-electron chi connectivity index (χ0n) is 19.6. The van der Waals surface area contributed by atoms with E-state index in [0.29, 0.717) is 31.9 Å². The van der Waals surface area contributed by atoms with E-state index in [1.54, 1.807) is 44.2 Å². The number of carbonyl (C=O) groups excluding carboxylic acids is 2. The maximum atomic E-state index is 13.5. The third-order valence-corrected chi connectivity index (χ3v) is 6.31. The summed E-state index contributed by atoms with van der Waals surface area (Å²) in [5.41, 5.74) is 2.22. The Hall–Kier alpha value is -4.04. The van der Waals surface area contributed by atoms with E-state index in [2.05, 4.69) is 4.99 Å². The Kier molecular flexibility index (Phi) is 7.22. The van der Waals surface area contributed by atoms with Crippen LogP contribution < -0.4 is 19.6 Å². The maximum Gasteiger partial charge on any atom is 0.338 e. The van der Waals surface area contributed by atoms with Crippen molar-refractivity contribution in [2.24, 2.45) is 4.99 Å². The second-order valence-corrected chi connectivity index (χ2v) is 8.77. The smallest absolute Gasteiger partial charge is 0.338 e. The van der Waals surface area contributed by atoms with Crippen molar-refractivity contribution in [2.45, 2.75) is 26.8 Å². The third kappa shape index (κ3) is 5.22. The topological polar surface area (TPSA) is 87.0 Å². The van der Waals surface area contributed by atoms with E-state index in [0.717, 1.165) is 5.56 Å². The molecule has 0 fully saturated rings.